The lowest BCUT2D eigenvalue weighted by Crippen LogP contribution is -2.39. The van der Waals surface area contributed by atoms with Gasteiger partial charge in [-0.25, -0.2) is 9.79 Å². The molecule has 3 aromatic carbocycles. The van der Waals surface area contributed by atoms with Crippen LogP contribution >= 0.6 is 34.5 Å². The van der Waals surface area contributed by atoms with Crippen LogP contribution < -0.4 is 24.5 Å². The molecule has 0 spiro atoms. The molecule has 0 saturated carbocycles. The minimum atomic E-state index is -0.669. The molecule has 10 heteroatoms. The van der Waals surface area contributed by atoms with Crippen molar-refractivity contribution in [2.75, 3.05) is 25.6 Å². The number of aromatic nitrogens is 1. The summed E-state index contributed by atoms with van der Waals surface area (Å²) in [6.45, 7) is 4.02. The average molecular weight is 623 g/mol. The molecule has 2 heterocycles. The van der Waals surface area contributed by atoms with E-state index in [-0.39, 0.29) is 18.8 Å². The third kappa shape index (κ3) is 6.16. The van der Waals surface area contributed by atoms with Crippen LogP contribution in [0.15, 0.2) is 87.8 Å². The Labute approximate surface area is 257 Å². The van der Waals surface area contributed by atoms with Gasteiger partial charge in [0, 0.05) is 35.4 Å². The van der Waals surface area contributed by atoms with Crippen molar-refractivity contribution >= 4 is 52.3 Å². The number of benzene rings is 3. The second-order valence-corrected chi connectivity index (χ2v) is 11.7. The van der Waals surface area contributed by atoms with E-state index in [1.165, 1.54) is 11.3 Å². The Kier molecular flexibility index (Phi) is 8.87. The number of halogens is 2. The zero-order chi connectivity index (χ0) is 30.0. The smallest absolute Gasteiger partial charge is 0.338 e. The molecule has 0 fully saturated rings. The van der Waals surface area contributed by atoms with E-state index in [1.807, 2.05) is 79.7 Å². The van der Waals surface area contributed by atoms with Crippen LogP contribution in [0.4, 0.5) is 5.69 Å². The zero-order valence-corrected chi connectivity index (χ0v) is 25.9. The van der Waals surface area contributed by atoms with Gasteiger partial charge < -0.3 is 14.4 Å². The van der Waals surface area contributed by atoms with Gasteiger partial charge in [0.25, 0.3) is 5.56 Å². The van der Waals surface area contributed by atoms with Crippen molar-refractivity contribution in [2.24, 2.45) is 4.99 Å². The van der Waals surface area contributed by atoms with E-state index in [4.69, 9.17) is 32.7 Å². The van der Waals surface area contributed by atoms with Gasteiger partial charge in [0.05, 0.1) is 28.5 Å². The van der Waals surface area contributed by atoms with Crippen LogP contribution in [0.1, 0.15) is 36.6 Å². The fourth-order valence-electron chi connectivity index (χ4n) is 4.71. The molecule has 0 N–H and O–H groups in total. The molecule has 4 aromatic rings. The molecular weight excluding hydrogens is 593 g/mol. The summed E-state index contributed by atoms with van der Waals surface area (Å²) in [5, 5.41) is 1.09. The van der Waals surface area contributed by atoms with Crippen LogP contribution in [0.25, 0.3) is 6.08 Å². The van der Waals surface area contributed by atoms with Crippen LogP contribution in [-0.2, 0) is 16.1 Å². The Bertz CT molecular complexity index is 1860. The number of carbonyl (C=O) groups excluding carboxylic acids is 1. The second kappa shape index (κ2) is 12.6. The number of thiazole rings is 1. The average Bonchev–Trinajstić information content (AvgIpc) is 3.26. The highest BCUT2D eigenvalue weighted by molar-refractivity contribution is 7.07. The number of hydrogen-bond donors (Lipinski definition) is 0. The first-order valence-corrected chi connectivity index (χ1v) is 14.9. The Morgan fingerprint density at radius 3 is 2.55 bits per heavy atom. The molecule has 5 rings (SSSR count). The summed E-state index contributed by atoms with van der Waals surface area (Å²) >= 11 is 13.6. The maximum absolute atomic E-state index is 13.9. The first-order valence-electron chi connectivity index (χ1n) is 13.3. The summed E-state index contributed by atoms with van der Waals surface area (Å²) in [5.41, 5.74) is 4.03. The fraction of sp³-hybridized carbons (Fsp3) is 0.219. The van der Waals surface area contributed by atoms with Gasteiger partial charge in [-0.1, -0.05) is 64.9 Å². The molecule has 1 unspecified atom stereocenters. The monoisotopic (exact) mass is 621 g/mol. The normalized spacial score (nSPS) is 14.8. The summed E-state index contributed by atoms with van der Waals surface area (Å²) in [5.74, 6) is 0.141. The van der Waals surface area contributed by atoms with Gasteiger partial charge in [-0.3, -0.25) is 9.36 Å². The molecule has 0 bridgehead atoms. The van der Waals surface area contributed by atoms with E-state index in [0.717, 1.165) is 22.4 Å². The predicted octanol–water partition coefficient (Wildman–Crippen LogP) is 5.75. The summed E-state index contributed by atoms with van der Waals surface area (Å²) in [7, 11) is 3.91. The minimum Gasteiger partial charge on any atom is -0.489 e. The highest BCUT2D eigenvalue weighted by Crippen LogP contribution is 2.31. The number of carbonyl (C=O) groups is 1. The molecule has 0 saturated heterocycles. The van der Waals surface area contributed by atoms with E-state index >= 15 is 0 Å². The first-order chi connectivity index (χ1) is 20.2. The van der Waals surface area contributed by atoms with Gasteiger partial charge in [0.15, 0.2) is 4.80 Å². The molecule has 7 nitrogen and oxygen atoms in total. The molecule has 1 aromatic heterocycles. The van der Waals surface area contributed by atoms with Crippen molar-refractivity contribution in [2.45, 2.75) is 26.5 Å². The van der Waals surface area contributed by atoms with Gasteiger partial charge in [-0.2, -0.15) is 0 Å². The Balaban J connectivity index is 1.53. The fourth-order valence-corrected chi connectivity index (χ4v) is 6.22. The topological polar surface area (TPSA) is 73.1 Å². The molecule has 216 valence electrons. The van der Waals surface area contributed by atoms with E-state index in [2.05, 4.69) is 4.99 Å². The zero-order valence-electron chi connectivity index (χ0n) is 23.6. The molecule has 42 heavy (non-hydrogen) atoms. The third-order valence-corrected chi connectivity index (χ3v) is 8.38. The maximum atomic E-state index is 13.9. The predicted molar refractivity (Wildman–Crippen MR) is 168 cm³/mol. The lowest BCUT2D eigenvalue weighted by Gasteiger charge is -2.25. The van der Waals surface area contributed by atoms with Gasteiger partial charge in [0.1, 0.15) is 12.4 Å². The van der Waals surface area contributed by atoms with Crippen LogP contribution in [-0.4, -0.2) is 31.2 Å². The highest BCUT2D eigenvalue weighted by Gasteiger charge is 2.33. The molecule has 1 atom stereocenters. The SMILES string of the molecule is CCOC(=O)C1=C(C)N=c2s/c(=C\c3cccc(OCc4ccc(Cl)cc4Cl)c3)c(=O)n2C1c1ccc(N(C)C)cc1. The summed E-state index contributed by atoms with van der Waals surface area (Å²) in [6, 6.07) is 19.8. The number of rotatable bonds is 8. The number of allylic oxidation sites excluding steroid dienone is 1. The molecule has 0 radical (unpaired) electrons. The number of fused-ring (bicyclic) bond motifs is 1. The van der Waals surface area contributed by atoms with E-state index in [9.17, 15) is 9.59 Å². The third-order valence-electron chi connectivity index (χ3n) is 6.81. The molecule has 0 aliphatic carbocycles. The Morgan fingerprint density at radius 1 is 1.10 bits per heavy atom. The largest absolute Gasteiger partial charge is 0.489 e. The Morgan fingerprint density at radius 2 is 1.86 bits per heavy atom. The van der Waals surface area contributed by atoms with Crippen LogP contribution in [0.2, 0.25) is 10.0 Å². The lowest BCUT2D eigenvalue weighted by molar-refractivity contribution is -0.139. The van der Waals surface area contributed by atoms with Crippen molar-refractivity contribution in [3.63, 3.8) is 0 Å². The van der Waals surface area contributed by atoms with Crippen LogP contribution in [0.5, 0.6) is 5.75 Å². The Hall–Kier alpha value is -3.85. The van der Waals surface area contributed by atoms with Crippen molar-refractivity contribution in [1.29, 1.82) is 0 Å². The number of esters is 1. The summed E-state index contributed by atoms with van der Waals surface area (Å²) in [6.07, 6.45) is 1.81. The molecule has 1 aliphatic heterocycles. The van der Waals surface area contributed by atoms with Crippen molar-refractivity contribution in [1.82, 2.24) is 4.57 Å². The minimum absolute atomic E-state index is 0.217. The standard InChI is InChI=1S/C32H29Cl2N3O4S/c1-5-40-31(39)28-19(2)35-32-37(29(28)21-10-13-24(14-11-21)36(3)4)30(38)27(42-32)16-20-7-6-8-25(15-20)41-18-22-9-12-23(33)17-26(22)34/h6-17,29H,5,18H2,1-4H3/b27-16-. The first kappa shape index (κ1) is 29.6. The van der Waals surface area contributed by atoms with Gasteiger partial charge in [-0.05, 0) is 67.4 Å². The quantitative estimate of drug-likeness (QED) is 0.234. The molecule has 0 amide bonds. The second-order valence-electron chi connectivity index (χ2n) is 9.89. The summed E-state index contributed by atoms with van der Waals surface area (Å²) < 4.78 is 13.4. The van der Waals surface area contributed by atoms with Crippen molar-refractivity contribution in [3.8, 4) is 5.75 Å². The number of nitrogens with zero attached hydrogens (tertiary/aromatic N) is 3. The number of anilines is 1. The van der Waals surface area contributed by atoms with Crippen molar-refractivity contribution in [3.05, 3.63) is 124 Å². The van der Waals surface area contributed by atoms with Gasteiger partial charge in [-0.15, -0.1) is 0 Å². The number of ether oxygens (including phenoxy) is 2. The molecule has 1 aliphatic rings. The molecular formula is C32H29Cl2N3O4S. The van der Waals surface area contributed by atoms with E-state index < -0.39 is 12.0 Å². The van der Waals surface area contributed by atoms with Crippen LogP contribution in [0.3, 0.4) is 0 Å². The van der Waals surface area contributed by atoms with Crippen LogP contribution in [0, 0.1) is 0 Å². The van der Waals surface area contributed by atoms with Gasteiger partial charge in [0.2, 0.25) is 0 Å². The maximum Gasteiger partial charge on any atom is 0.338 e. The van der Waals surface area contributed by atoms with E-state index in [0.29, 0.717) is 36.4 Å². The van der Waals surface area contributed by atoms with Crippen molar-refractivity contribution < 1.29 is 14.3 Å². The van der Waals surface area contributed by atoms with E-state index in [1.54, 1.807) is 30.5 Å². The lowest BCUT2D eigenvalue weighted by atomic mass is 9.95. The number of hydrogen-bond acceptors (Lipinski definition) is 7. The van der Waals surface area contributed by atoms with Gasteiger partial charge >= 0.3 is 5.97 Å². The summed E-state index contributed by atoms with van der Waals surface area (Å²) in [4.78, 5) is 34.2. The highest BCUT2D eigenvalue weighted by atomic mass is 35.5.